The van der Waals surface area contributed by atoms with Gasteiger partial charge in [0.1, 0.15) is 23.7 Å². The molecule has 116 valence electrons. The molecule has 0 bridgehead atoms. The van der Waals surface area contributed by atoms with Crippen LogP contribution >= 0.6 is 0 Å². The maximum absolute atomic E-state index is 12.9. The zero-order valence-corrected chi connectivity index (χ0v) is 12.5. The normalized spacial score (nSPS) is 10.3. The van der Waals surface area contributed by atoms with Crippen LogP contribution in [0.15, 0.2) is 36.7 Å². The van der Waals surface area contributed by atoms with Crippen molar-refractivity contribution < 1.29 is 9.18 Å². The lowest BCUT2D eigenvalue weighted by atomic mass is 10.2. The SMILES string of the molecule is CCCCCNC(=O)c1cc(Nc2ccc(F)cc2)ncn1. The van der Waals surface area contributed by atoms with Crippen LogP contribution in [0, 0.1) is 5.82 Å². The minimum Gasteiger partial charge on any atom is -0.351 e. The summed E-state index contributed by atoms with van der Waals surface area (Å²) in [6.45, 7) is 2.75. The van der Waals surface area contributed by atoms with Crippen molar-refractivity contribution >= 4 is 17.4 Å². The van der Waals surface area contributed by atoms with E-state index in [4.69, 9.17) is 0 Å². The molecule has 2 N–H and O–H groups in total. The first-order chi connectivity index (χ1) is 10.7. The summed E-state index contributed by atoms with van der Waals surface area (Å²) in [5, 5.41) is 5.83. The van der Waals surface area contributed by atoms with Crippen molar-refractivity contribution in [3.05, 3.63) is 48.2 Å². The number of benzene rings is 1. The molecule has 0 unspecified atom stereocenters. The predicted molar refractivity (Wildman–Crippen MR) is 83.6 cm³/mol. The molecule has 6 heteroatoms. The minimum atomic E-state index is -0.305. The number of rotatable bonds is 7. The third kappa shape index (κ3) is 4.80. The van der Waals surface area contributed by atoms with Crippen LogP contribution in [0.25, 0.3) is 0 Å². The maximum Gasteiger partial charge on any atom is 0.270 e. The first kappa shape index (κ1) is 15.9. The standard InChI is InChI=1S/C16H19FN4O/c1-2-3-4-9-18-16(22)14-10-15(20-11-19-14)21-13-7-5-12(17)6-8-13/h5-8,10-11H,2-4,9H2,1H3,(H,18,22)(H,19,20,21). The summed E-state index contributed by atoms with van der Waals surface area (Å²) in [6, 6.07) is 7.47. The smallest absolute Gasteiger partial charge is 0.270 e. The van der Waals surface area contributed by atoms with Crippen molar-refractivity contribution in [2.45, 2.75) is 26.2 Å². The second-order valence-electron chi connectivity index (χ2n) is 4.88. The number of unbranched alkanes of at least 4 members (excludes halogenated alkanes) is 2. The van der Waals surface area contributed by atoms with Crippen molar-refractivity contribution in [2.24, 2.45) is 0 Å². The molecule has 1 heterocycles. The van der Waals surface area contributed by atoms with Gasteiger partial charge in [0.25, 0.3) is 5.91 Å². The van der Waals surface area contributed by atoms with E-state index < -0.39 is 0 Å². The number of nitrogens with zero attached hydrogens (tertiary/aromatic N) is 2. The Morgan fingerprint density at radius 3 is 2.68 bits per heavy atom. The number of carbonyl (C=O) groups is 1. The molecule has 0 aliphatic rings. The zero-order chi connectivity index (χ0) is 15.8. The maximum atomic E-state index is 12.9. The first-order valence-electron chi connectivity index (χ1n) is 7.32. The van der Waals surface area contributed by atoms with Gasteiger partial charge in [-0.1, -0.05) is 19.8 Å². The van der Waals surface area contributed by atoms with Crippen molar-refractivity contribution in [2.75, 3.05) is 11.9 Å². The Morgan fingerprint density at radius 2 is 1.95 bits per heavy atom. The molecule has 0 saturated heterocycles. The Morgan fingerprint density at radius 1 is 1.18 bits per heavy atom. The summed E-state index contributed by atoms with van der Waals surface area (Å²) in [5.41, 5.74) is 0.991. The summed E-state index contributed by atoms with van der Waals surface area (Å²) in [5.74, 6) is -0.0404. The van der Waals surface area contributed by atoms with Gasteiger partial charge < -0.3 is 10.6 Å². The minimum absolute atomic E-state index is 0.222. The van der Waals surface area contributed by atoms with Crippen molar-refractivity contribution in [3.63, 3.8) is 0 Å². The largest absolute Gasteiger partial charge is 0.351 e. The molecular formula is C16H19FN4O. The fourth-order valence-corrected chi connectivity index (χ4v) is 1.90. The molecule has 1 aromatic carbocycles. The lowest BCUT2D eigenvalue weighted by Crippen LogP contribution is -2.25. The van der Waals surface area contributed by atoms with E-state index in [1.54, 1.807) is 18.2 Å². The highest BCUT2D eigenvalue weighted by Crippen LogP contribution is 2.14. The summed E-state index contributed by atoms with van der Waals surface area (Å²) in [6.07, 6.45) is 4.47. The van der Waals surface area contributed by atoms with Gasteiger partial charge in [-0.2, -0.15) is 0 Å². The van der Waals surface area contributed by atoms with Crippen LogP contribution < -0.4 is 10.6 Å². The first-order valence-corrected chi connectivity index (χ1v) is 7.32. The Bertz CT molecular complexity index is 616. The van der Waals surface area contributed by atoms with Crippen LogP contribution in [-0.2, 0) is 0 Å². The summed E-state index contributed by atoms with van der Waals surface area (Å²) >= 11 is 0. The highest BCUT2D eigenvalue weighted by Gasteiger charge is 2.08. The predicted octanol–water partition coefficient (Wildman–Crippen LogP) is 3.28. The summed E-state index contributed by atoms with van der Waals surface area (Å²) < 4.78 is 12.9. The Balaban J connectivity index is 1.97. The van der Waals surface area contributed by atoms with E-state index in [1.807, 2.05) is 0 Å². The number of hydrogen-bond donors (Lipinski definition) is 2. The molecule has 1 aromatic heterocycles. The van der Waals surface area contributed by atoms with Gasteiger partial charge in [0.15, 0.2) is 0 Å². The molecule has 0 radical (unpaired) electrons. The summed E-state index contributed by atoms with van der Waals surface area (Å²) in [4.78, 5) is 20.0. The number of aromatic nitrogens is 2. The number of anilines is 2. The molecule has 0 saturated carbocycles. The number of hydrogen-bond acceptors (Lipinski definition) is 4. The van der Waals surface area contributed by atoms with Gasteiger partial charge in [0, 0.05) is 18.3 Å². The van der Waals surface area contributed by atoms with Crippen molar-refractivity contribution in [1.29, 1.82) is 0 Å². The van der Waals surface area contributed by atoms with E-state index >= 15 is 0 Å². The fourth-order valence-electron chi connectivity index (χ4n) is 1.90. The van der Waals surface area contributed by atoms with Crippen LogP contribution in [0.5, 0.6) is 0 Å². The molecule has 0 atom stereocenters. The Labute approximate surface area is 129 Å². The highest BCUT2D eigenvalue weighted by molar-refractivity contribution is 5.92. The van der Waals surface area contributed by atoms with Crippen LogP contribution in [-0.4, -0.2) is 22.4 Å². The molecular weight excluding hydrogens is 283 g/mol. The second-order valence-corrected chi connectivity index (χ2v) is 4.88. The average Bonchev–Trinajstić information content (AvgIpc) is 2.54. The zero-order valence-electron chi connectivity index (χ0n) is 12.5. The van der Waals surface area contributed by atoms with Crippen molar-refractivity contribution in [1.82, 2.24) is 15.3 Å². The molecule has 0 aliphatic heterocycles. The van der Waals surface area contributed by atoms with Crippen molar-refractivity contribution in [3.8, 4) is 0 Å². The lowest BCUT2D eigenvalue weighted by molar-refractivity contribution is 0.0948. The van der Waals surface area contributed by atoms with E-state index in [0.29, 0.717) is 23.7 Å². The number of halogens is 1. The Kier molecular flexibility index (Phi) is 5.82. The summed E-state index contributed by atoms with van der Waals surface area (Å²) in [7, 11) is 0. The molecule has 2 rings (SSSR count). The van der Waals surface area contributed by atoms with Crippen LogP contribution in [0.2, 0.25) is 0 Å². The van der Waals surface area contributed by atoms with Gasteiger partial charge in [-0.25, -0.2) is 14.4 Å². The number of carbonyl (C=O) groups excluding carboxylic acids is 1. The second kappa shape index (κ2) is 8.07. The average molecular weight is 302 g/mol. The lowest BCUT2D eigenvalue weighted by Gasteiger charge is -2.07. The van der Waals surface area contributed by atoms with Crippen LogP contribution in [0.4, 0.5) is 15.9 Å². The van der Waals surface area contributed by atoms with Gasteiger partial charge in [0.05, 0.1) is 0 Å². The molecule has 0 spiro atoms. The molecule has 0 fully saturated rings. The monoisotopic (exact) mass is 302 g/mol. The third-order valence-electron chi connectivity index (χ3n) is 3.08. The molecule has 1 amide bonds. The Hall–Kier alpha value is -2.50. The molecule has 2 aromatic rings. The van der Waals surface area contributed by atoms with Crippen LogP contribution in [0.1, 0.15) is 36.7 Å². The molecule has 22 heavy (non-hydrogen) atoms. The van der Waals surface area contributed by atoms with E-state index in [1.165, 1.54) is 18.5 Å². The van der Waals surface area contributed by atoms with Gasteiger partial charge >= 0.3 is 0 Å². The van der Waals surface area contributed by atoms with E-state index in [2.05, 4.69) is 27.5 Å². The van der Waals surface area contributed by atoms with Crippen LogP contribution in [0.3, 0.4) is 0 Å². The quantitative estimate of drug-likeness (QED) is 0.770. The van der Waals surface area contributed by atoms with E-state index in [0.717, 1.165) is 19.3 Å². The topological polar surface area (TPSA) is 66.9 Å². The highest BCUT2D eigenvalue weighted by atomic mass is 19.1. The molecule has 0 aliphatic carbocycles. The van der Waals surface area contributed by atoms with Gasteiger partial charge in [-0.05, 0) is 30.7 Å². The van der Waals surface area contributed by atoms with Gasteiger partial charge in [0.2, 0.25) is 0 Å². The number of nitrogens with one attached hydrogen (secondary N) is 2. The van der Waals surface area contributed by atoms with E-state index in [-0.39, 0.29) is 11.7 Å². The fraction of sp³-hybridized carbons (Fsp3) is 0.312. The molecule has 5 nitrogen and oxygen atoms in total. The van der Waals surface area contributed by atoms with Gasteiger partial charge in [-0.3, -0.25) is 4.79 Å². The van der Waals surface area contributed by atoms with E-state index in [9.17, 15) is 9.18 Å². The third-order valence-corrected chi connectivity index (χ3v) is 3.08. The van der Waals surface area contributed by atoms with Gasteiger partial charge in [-0.15, -0.1) is 0 Å². The number of amides is 1.